The molecule has 7 heteroatoms. The van der Waals surface area contributed by atoms with Crippen LogP contribution in [0, 0.1) is 5.92 Å². The highest BCUT2D eigenvalue weighted by Crippen LogP contribution is 2.47. The second kappa shape index (κ2) is 7.19. The van der Waals surface area contributed by atoms with Gasteiger partial charge in [0.25, 0.3) is 0 Å². The quantitative estimate of drug-likeness (QED) is 0.826. The number of hydrogen-bond acceptors (Lipinski definition) is 4. The standard InChI is InChI=1S/C20H24F3N3O/c1-13-10-17(13)18-4-3-16(27-18)12-24-15-6-8-26(9-7-15)19-5-2-14(11-25-19)20(21,22)23/h2-5,11,13,15,17,24H,6-10,12H2,1H3. The van der Waals surface area contributed by atoms with Crippen LogP contribution in [0.4, 0.5) is 19.0 Å². The summed E-state index contributed by atoms with van der Waals surface area (Å²) in [7, 11) is 0. The van der Waals surface area contributed by atoms with Crippen LogP contribution in [0.2, 0.25) is 0 Å². The predicted octanol–water partition coefficient (Wildman–Crippen LogP) is 4.58. The molecule has 2 aromatic heterocycles. The smallest absolute Gasteiger partial charge is 0.417 e. The van der Waals surface area contributed by atoms with Gasteiger partial charge >= 0.3 is 6.18 Å². The zero-order valence-electron chi connectivity index (χ0n) is 15.3. The molecule has 0 radical (unpaired) electrons. The first kappa shape index (κ1) is 18.3. The lowest BCUT2D eigenvalue weighted by Gasteiger charge is -2.33. The molecule has 1 saturated heterocycles. The Bertz CT molecular complexity index is 764. The molecule has 0 amide bonds. The molecule has 4 rings (SSSR count). The number of pyridine rings is 1. The first-order valence-electron chi connectivity index (χ1n) is 9.50. The summed E-state index contributed by atoms with van der Waals surface area (Å²) in [6, 6.07) is 7.07. The molecule has 2 unspecified atom stereocenters. The molecule has 1 N–H and O–H groups in total. The summed E-state index contributed by atoms with van der Waals surface area (Å²) >= 11 is 0. The van der Waals surface area contributed by atoms with Crippen molar-refractivity contribution < 1.29 is 17.6 Å². The van der Waals surface area contributed by atoms with Crippen LogP contribution in [-0.4, -0.2) is 24.1 Å². The van der Waals surface area contributed by atoms with Crippen molar-refractivity contribution >= 4 is 5.82 Å². The van der Waals surface area contributed by atoms with Crippen LogP contribution in [0.25, 0.3) is 0 Å². The van der Waals surface area contributed by atoms with Gasteiger partial charge in [-0.3, -0.25) is 0 Å². The van der Waals surface area contributed by atoms with Gasteiger partial charge in [0.15, 0.2) is 0 Å². The van der Waals surface area contributed by atoms with Gasteiger partial charge in [-0.1, -0.05) is 6.92 Å². The van der Waals surface area contributed by atoms with E-state index in [-0.39, 0.29) is 0 Å². The fourth-order valence-corrected chi connectivity index (χ4v) is 3.71. The number of furan rings is 1. The van der Waals surface area contributed by atoms with Gasteiger partial charge in [0.05, 0.1) is 12.1 Å². The maximum Gasteiger partial charge on any atom is 0.417 e. The predicted molar refractivity (Wildman–Crippen MR) is 96.5 cm³/mol. The van der Waals surface area contributed by atoms with Gasteiger partial charge in [-0.15, -0.1) is 0 Å². The Kier molecular flexibility index (Phi) is 4.88. The highest BCUT2D eigenvalue weighted by molar-refractivity contribution is 5.40. The molecule has 1 aliphatic heterocycles. The number of rotatable bonds is 5. The SMILES string of the molecule is CC1CC1c1ccc(CNC2CCN(c3ccc(C(F)(F)F)cn3)CC2)o1. The van der Waals surface area contributed by atoms with E-state index in [1.807, 2.05) is 4.90 Å². The van der Waals surface area contributed by atoms with Crippen LogP contribution < -0.4 is 10.2 Å². The molecular formula is C20H24F3N3O. The van der Waals surface area contributed by atoms with Gasteiger partial charge in [0.2, 0.25) is 0 Å². The highest BCUT2D eigenvalue weighted by Gasteiger charge is 2.36. The van der Waals surface area contributed by atoms with Crippen LogP contribution in [0.3, 0.4) is 0 Å². The summed E-state index contributed by atoms with van der Waals surface area (Å²) in [6.45, 7) is 4.51. The number of anilines is 1. The lowest BCUT2D eigenvalue weighted by Crippen LogP contribution is -2.42. The molecule has 2 atom stereocenters. The van der Waals surface area contributed by atoms with Gasteiger partial charge in [-0.05, 0) is 49.4 Å². The Morgan fingerprint density at radius 3 is 2.52 bits per heavy atom. The molecule has 2 aromatic rings. The second-order valence-corrected chi connectivity index (χ2v) is 7.67. The zero-order chi connectivity index (χ0) is 19.0. The van der Waals surface area contributed by atoms with E-state index in [9.17, 15) is 13.2 Å². The molecule has 146 valence electrons. The van der Waals surface area contributed by atoms with Crippen molar-refractivity contribution in [1.82, 2.24) is 10.3 Å². The monoisotopic (exact) mass is 379 g/mol. The summed E-state index contributed by atoms with van der Waals surface area (Å²) in [5.74, 6) is 4.01. The first-order valence-corrected chi connectivity index (χ1v) is 9.50. The lowest BCUT2D eigenvalue weighted by atomic mass is 10.0. The topological polar surface area (TPSA) is 41.3 Å². The minimum atomic E-state index is -4.34. The summed E-state index contributed by atoms with van der Waals surface area (Å²) < 4.78 is 43.8. The Balaban J connectivity index is 1.24. The van der Waals surface area contributed by atoms with Crippen LogP contribution in [0.15, 0.2) is 34.9 Å². The maximum atomic E-state index is 12.6. The molecule has 0 aromatic carbocycles. The van der Waals surface area contributed by atoms with Crippen LogP contribution >= 0.6 is 0 Å². The molecule has 27 heavy (non-hydrogen) atoms. The van der Waals surface area contributed by atoms with Gasteiger partial charge in [-0.2, -0.15) is 13.2 Å². The molecular weight excluding hydrogens is 355 g/mol. The Labute approximate surface area is 156 Å². The summed E-state index contributed by atoms with van der Waals surface area (Å²) in [5.41, 5.74) is -0.707. The highest BCUT2D eigenvalue weighted by atomic mass is 19.4. The van der Waals surface area contributed by atoms with E-state index in [0.29, 0.717) is 24.3 Å². The number of halogens is 3. The van der Waals surface area contributed by atoms with E-state index in [1.165, 1.54) is 12.5 Å². The molecule has 4 nitrogen and oxygen atoms in total. The fourth-order valence-electron chi connectivity index (χ4n) is 3.71. The van der Waals surface area contributed by atoms with E-state index in [2.05, 4.69) is 29.4 Å². The van der Waals surface area contributed by atoms with Gasteiger partial charge in [0.1, 0.15) is 17.3 Å². The minimum Gasteiger partial charge on any atom is -0.464 e. The van der Waals surface area contributed by atoms with Gasteiger partial charge < -0.3 is 14.6 Å². The maximum absolute atomic E-state index is 12.6. The van der Waals surface area contributed by atoms with E-state index in [1.54, 1.807) is 0 Å². The average Bonchev–Trinajstić information content (AvgIpc) is 3.20. The van der Waals surface area contributed by atoms with Crippen LogP contribution in [0.5, 0.6) is 0 Å². The average molecular weight is 379 g/mol. The summed E-state index contributed by atoms with van der Waals surface area (Å²) in [5, 5.41) is 3.53. The van der Waals surface area contributed by atoms with Crippen molar-refractivity contribution in [3.8, 4) is 0 Å². The lowest BCUT2D eigenvalue weighted by molar-refractivity contribution is -0.137. The molecule has 0 bridgehead atoms. The Morgan fingerprint density at radius 2 is 1.93 bits per heavy atom. The van der Waals surface area contributed by atoms with E-state index in [0.717, 1.165) is 55.6 Å². The van der Waals surface area contributed by atoms with E-state index < -0.39 is 11.7 Å². The third kappa shape index (κ3) is 4.29. The number of nitrogens with zero attached hydrogens (tertiary/aromatic N) is 2. The second-order valence-electron chi connectivity index (χ2n) is 7.67. The van der Waals surface area contributed by atoms with Crippen molar-refractivity contribution in [2.45, 2.75) is 50.9 Å². The van der Waals surface area contributed by atoms with Crippen molar-refractivity contribution in [2.75, 3.05) is 18.0 Å². The van der Waals surface area contributed by atoms with Gasteiger partial charge in [0, 0.05) is 31.2 Å². The number of aromatic nitrogens is 1. The number of hydrogen-bond donors (Lipinski definition) is 1. The van der Waals surface area contributed by atoms with Crippen molar-refractivity contribution in [1.29, 1.82) is 0 Å². The molecule has 2 aliphatic rings. The molecule has 3 heterocycles. The molecule has 2 fully saturated rings. The van der Waals surface area contributed by atoms with Crippen molar-refractivity contribution in [3.63, 3.8) is 0 Å². The Morgan fingerprint density at radius 1 is 1.19 bits per heavy atom. The molecule has 0 spiro atoms. The minimum absolute atomic E-state index is 0.379. The number of nitrogens with one attached hydrogen (secondary N) is 1. The summed E-state index contributed by atoms with van der Waals surface area (Å²) in [4.78, 5) is 6.03. The normalized spacial score (nSPS) is 23.6. The van der Waals surface area contributed by atoms with Crippen molar-refractivity contribution in [3.05, 3.63) is 47.5 Å². The van der Waals surface area contributed by atoms with Crippen molar-refractivity contribution in [2.24, 2.45) is 5.92 Å². The summed E-state index contributed by atoms with van der Waals surface area (Å²) in [6.07, 6.45) is -0.358. The van der Waals surface area contributed by atoms with Gasteiger partial charge in [-0.25, -0.2) is 4.98 Å². The van der Waals surface area contributed by atoms with Crippen LogP contribution in [0.1, 0.15) is 49.2 Å². The number of piperidine rings is 1. The number of alkyl halides is 3. The molecule has 1 saturated carbocycles. The molecule has 1 aliphatic carbocycles. The fraction of sp³-hybridized carbons (Fsp3) is 0.550. The Hall–Kier alpha value is -2.02. The third-order valence-corrected chi connectivity index (χ3v) is 5.62. The first-order chi connectivity index (χ1) is 12.9. The zero-order valence-corrected chi connectivity index (χ0v) is 15.3. The largest absolute Gasteiger partial charge is 0.464 e. The van der Waals surface area contributed by atoms with E-state index in [4.69, 9.17) is 4.42 Å². The van der Waals surface area contributed by atoms with Crippen LogP contribution in [-0.2, 0) is 12.7 Å². The van der Waals surface area contributed by atoms with E-state index >= 15 is 0 Å². The third-order valence-electron chi connectivity index (χ3n) is 5.62.